The van der Waals surface area contributed by atoms with Crippen molar-refractivity contribution in [3.8, 4) is 22.3 Å². The molecule has 7 heteroatoms. The first-order chi connectivity index (χ1) is 10.3. The molecule has 0 unspecified atom stereocenters. The van der Waals surface area contributed by atoms with Gasteiger partial charge in [0.2, 0.25) is 5.13 Å². The maximum absolute atomic E-state index is 9.60. The number of thiazole rings is 1. The first-order valence-electron chi connectivity index (χ1n) is 6.25. The third-order valence-corrected chi connectivity index (χ3v) is 4.05. The fourth-order valence-corrected chi connectivity index (χ4v) is 3.01. The molecule has 0 aliphatic heterocycles. The summed E-state index contributed by atoms with van der Waals surface area (Å²) < 4.78 is 2.66. The number of aromatic hydroxyl groups is 1. The number of para-hydroxylation sites is 1. The molecule has 1 N–H and O–H groups in total. The third-order valence-electron chi connectivity index (χ3n) is 3.04. The Balaban J connectivity index is 1.88. The third kappa shape index (κ3) is 2.03. The van der Waals surface area contributed by atoms with Crippen LogP contribution in [-0.2, 0) is 0 Å². The molecule has 0 atom stereocenters. The van der Waals surface area contributed by atoms with Crippen molar-refractivity contribution < 1.29 is 5.11 Å². The van der Waals surface area contributed by atoms with Gasteiger partial charge in [-0.3, -0.25) is 0 Å². The zero-order valence-corrected chi connectivity index (χ0v) is 11.5. The van der Waals surface area contributed by atoms with E-state index in [1.165, 1.54) is 11.3 Å². The Labute approximate surface area is 123 Å². The molecular formula is C14H9N5OS. The number of nitrogens with zero attached hydrogens (tertiary/aromatic N) is 5. The van der Waals surface area contributed by atoms with Gasteiger partial charge in [-0.25, -0.2) is 4.98 Å². The van der Waals surface area contributed by atoms with Gasteiger partial charge in [0.15, 0.2) is 5.82 Å². The molecule has 0 aliphatic rings. The van der Waals surface area contributed by atoms with Crippen molar-refractivity contribution in [2.45, 2.75) is 0 Å². The van der Waals surface area contributed by atoms with Gasteiger partial charge in [0, 0.05) is 5.56 Å². The Hall–Kier alpha value is -2.80. The summed E-state index contributed by atoms with van der Waals surface area (Å²) in [6.45, 7) is 0. The summed E-state index contributed by atoms with van der Waals surface area (Å²) in [5, 5.41) is 22.1. The molecule has 2 heterocycles. The van der Waals surface area contributed by atoms with Crippen LogP contribution in [0, 0.1) is 0 Å². The van der Waals surface area contributed by atoms with Gasteiger partial charge in [-0.15, -0.1) is 5.10 Å². The SMILES string of the molecule is Oc1cccc(-c2nnnn2-c2nc3ccccc3s2)c1. The molecule has 0 saturated carbocycles. The smallest absolute Gasteiger partial charge is 0.215 e. The van der Waals surface area contributed by atoms with E-state index >= 15 is 0 Å². The van der Waals surface area contributed by atoms with E-state index in [0.717, 1.165) is 15.8 Å². The molecular weight excluding hydrogens is 286 g/mol. The van der Waals surface area contributed by atoms with Crippen LogP contribution < -0.4 is 0 Å². The Bertz CT molecular complexity index is 897. The average molecular weight is 295 g/mol. The maximum Gasteiger partial charge on any atom is 0.215 e. The van der Waals surface area contributed by atoms with Gasteiger partial charge in [0.25, 0.3) is 0 Å². The number of aromatic nitrogens is 5. The number of fused-ring (bicyclic) bond motifs is 1. The molecule has 0 saturated heterocycles. The molecule has 0 bridgehead atoms. The summed E-state index contributed by atoms with van der Waals surface area (Å²) in [5.74, 6) is 0.719. The predicted octanol–water partition coefficient (Wildman–Crippen LogP) is 2.64. The first-order valence-corrected chi connectivity index (χ1v) is 7.07. The second-order valence-corrected chi connectivity index (χ2v) is 5.44. The topological polar surface area (TPSA) is 76.7 Å². The van der Waals surface area contributed by atoms with Crippen LogP contribution >= 0.6 is 11.3 Å². The van der Waals surface area contributed by atoms with E-state index in [2.05, 4.69) is 20.5 Å². The predicted molar refractivity (Wildman–Crippen MR) is 79.4 cm³/mol. The number of hydrogen-bond acceptors (Lipinski definition) is 6. The highest BCUT2D eigenvalue weighted by Gasteiger charge is 2.14. The Kier molecular flexibility index (Phi) is 2.65. The first kappa shape index (κ1) is 12.0. The van der Waals surface area contributed by atoms with Crippen molar-refractivity contribution in [3.63, 3.8) is 0 Å². The number of hydrogen-bond donors (Lipinski definition) is 1. The summed E-state index contributed by atoms with van der Waals surface area (Å²) in [6.07, 6.45) is 0. The second-order valence-electron chi connectivity index (χ2n) is 4.43. The summed E-state index contributed by atoms with van der Waals surface area (Å²) in [7, 11) is 0. The van der Waals surface area contributed by atoms with Crippen LogP contribution in [0.1, 0.15) is 0 Å². The van der Waals surface area contributed by atoms with E-state index in [-0.39, 0.29) is 5.75 Å². The largest absolute Gasteiger partial charge is 0.508 e. The molecule has 21 heavy (non-hydrogen) atoms. The Morgan fingerprint density at radius 1 is 1.05 bits per heavy atom. The molecule has 6 nitrogen and oxygen atoms in total. The Morgan fingerprint density at radius 2 is 1.95 bits per heavy atom. The number of rotatable bonds is 2. The minimum atomic E-state index is 0.173. The van der Waals surface area contributed by atoms with Crippen LogP contribution in [0.4, 0.5) is 0 Å². The van der Waals surface area contributed by atoms with E-state index in [0.29, 0.717) is 11.0 Å². The van der Waals surface area contributed by atoms with Gasteiger partial charge >= 0.3 is 0 Å². The van der Waals surface area contributed by atoms with Crippen LogP contribution in [0.5, 0.6) is 5.75 Å². The van der Waals surface area contributed by atoms with Crippen molar-refractivity contribution in [1.29, 1.82) is 0 Å². The van der Waals surface area contributed by atoms with E-state index in [1.807, 2.05) is 30.3 Å². The highest BCUT2D eigenvalue weighted by atomic mass is 32.1. The summed E-state index contributed by atoms with van der Waals surface area (Å²) in [5.41, 5.74) is 1.65. The van der Waals surface area contributed by atoms with Crippen molar-refractivity contribution in [2.24, 2.45) is 0 Å². The molecule has 0 amide bonds. The van der Waals surface area contributed by atoms with Crippen molar-refractivity contribution in [2.75, 3.05) is 0 Å². The van der Waals surface area contributed by atoms with Crippen LogP contribution in [0.3, 0.4) is 0 Å². The number of tetrazole rings is 1. The molecule has 0 fully saturated rings. The van der Waals surface area contributed by atoms with Crippen LogP contribution in [-0.4, -0.2) is 30.3 Å². The molecule has 4 rings (SSSR count). The highest BCUT2D eigenvalue weighted by Crippen LogP contribution is 2.28. The summed E-state index contributed by atoms with van der Waals surface area (Å²) >= 11 is 1.51. The van der Waals surface area contributed by atoms with Crippen LogP contribution in [0.15, 0.2) is 48.5 Å². The van der Waals surface area contributed by atoms with Crippen LogP contribution in [0.2, 0.25) is 0 Å². The summed E-state index contributed by atoms with van der Waals surface area (Å²) in [4.78, 5) is 4.54. The van der Waals surface area contributed by atoms with Gasteiger partial charge in [-0.2, -0.15) is 4.68 Å². The van der Waals surface area contributed by atoms with E-state index in [1.54, 1.807) is 22.9 Å². The normalized spacial score (nSPS) is 11.0. The van der Waals surface area contributed by atoms with Crippen molar-refractivity contribution in [1.82, 2.24) is 25.2 Å². The van der Waals surface area contributed by atoms with Gasteiger partial charge in [0.05, 0.1) is 10.2 Å². The lowest BCUT2D eigenvalue weighted by Gasteiger charge is -2.01. The van der Waals surface area contributed by atoms with Crippen molar-refractivity contribution in [3.05, 3.63) is 48.5 Å². The van der Waals surface area contributed by atoms with E-state index in [4.69, 9.17) is 0 Å². The minimum absolute atomic E-state index is 0.173. The van der Waals surface area contributed by atoms with E-state index < -0.39 is 0 Å². The van der Waals surface area contributed by atoms with Gasteiger partial charge in [-0.1, -0.05) is 35.6 Å². The van der Waals surface area contributed by atoms with Crippen LogP contribution in [0.25, 0.3) is 26.7 Å². The quantitative estimate of drug-likeness (QED) is 0.615. The van der Waals surface area contributed by atoms with Crippen molar-refractivity contribution >= 4 is 21.6 Å². The van der Waals surface area contributed by atoms with Gasteiger partial charge in [0.1, 0.15) is 5.75 Å². The number of phenolic OH excluding ortho intramolecular Hbond substituents is 1. The molecule has 102 valence electrons. The monoisotopic (exact) mass is 295 g/mol. The fourth-order valence-electron chi connectivity index (χ4n) is 2.09. The molecule has 2 aromatic carbocycles. The minimum Gasteiger partial charge on any atom is -0.508 e. The van der Waals surface area contributed by atoms with Gasteiger partial charge in [-0.05, 0) is 34.7 Å². The molecule has 0 spiro atoms. The maximum atomic E-state index is 9.60. The standard InChI is InChI=1S/C14H9N5OS/c20-10-5-3-4-9(8-10)13-16-17-18-19(13)14-15-11-6-1-2-7-12(11)21-14/h1-8,20H. The molecule has 4 aromatic rings. The zero-order chi connectivity index (χ0) is 14.2. The summed E-state index contributed by atoms with van der Waals surface area (Å²) in [6, 6.07) is 14.7. The lowest BCUT2D eigenvalue weighted by Crippen LogP contribution is -1.98. The molecule has 2 aromatic heterocycles. The highest BCUT2D eigenvalue weighted by molar-refractivity contribution is 7.20. The molecule has 0 aliphatic carbocycles. The zero-order valence-electron chi connectivity index (χ0n) is 10.7. The van der Waals surface area contributed by atoms with Gasteiger partial charge < -0.3 is 5.11 Å². The lowest BCUT2D eigenvalue weighted by atomic mass is 10.2. The lowest BCUT2D eigenvalue weighted by molar-refractivity contribution is 0.475. The number of phenols is 1. The molecule has 0 radical (unpaired) electrons. The Morgan fingerprint density at radius 3 is 2.81 bits per heavy atom. The van der Waals surface area contributed by atoms with E-state index in [9.17, 15) is 5.11 Å². The average Bonchev–Trinajstić information content (AvgIpc) is 3.13. The second kappa shape index (κ2) is 4.64. The number of benzene rings is 2. The fraction of sp³-hybridized carbons (Fsp3) is 0.